The minimum atomic E-state index is 0.0409. The molecule has 0 saturated carbocycles. The van der Waals surface area contributed by atoms with Gasteiger partial charge in [-0.2, -0.15) is 0 Å². The average molecular weight is 248 g/mol. The zero-order valence-electron chi connectivity index (χ0n) is 10.6. The van der Waals surface area contributed by atoms with Crippen LogP contribution in [0.25, 0.3) is 0 Å². The fourth-order valence-corrected chi connectivity index (χ4v) is 2.22. The molecule has 1 aromatic rings. The number of benzene rings is 1. The molecule has 18 heavy (non-hydrogen) atoms. The third-order valence-corrected chi connectivity index (χ3v) is 3.13. The first-order chi connectivity index (χ1) is 8.83. The van der Waals surface area contributed by atoms with Gasteiger partial charge in [0.25, 0.3) is 5.91 Å². The number of rotatable bonds is 5. The number of ether oxygens (including phenoxy) is 1. The fourth-order valence-electron chi connectivity index (χ4n) is 2.22. The van der Waals surface area contributed by atoms with E-state index in [1.54, 1.807) is 0 Å². The Morgan fingerprint density at radius 2 is 2.22 bits per heavy atom. The number of fused-ring (bicyclic) bond motifs is 1. The van der Waals surface area contributed by atoms with Crippen molar-refractivity contribution >= 4 is 11.6 Å². The first kappa shape index (κ1) is 13.1. The summed E-state index contributed by atoms with van der Waals surface area (Å²) >= 11 is 0. The van der Waals surface area contributed by atoms with Crippen LogP contribution in [0.5, 0.6) is 0 Å². The van der Waals surface area contributed by atoms with Gasteiger partial charge in [-0.25, -0.2) is 0 Å². The highest BCUT2D eigenvalue weighted by atomic mass is 16.5. The third-order valence-electron chi connectivity index (χ3n) is 3.13. The maximum Gasteiger partial charge on any atom is 0.252 e. The molecule has 1 aliphatic heterocycles. The lowest BCUT2D eigenvalue weighted by Gasteiger charge is -2.29. The molecule has 0 spiro atoms. The molecule has 1 amide bonds. The molecule has 4 nitrogen and oxygen atoms in total. The van der Waals surface area contributed by atoms with Gasteiger partial charge < -0.3 is 15.4 Å². The SMILES string of the molecule is NCCCOCC(=O)N1CCCc2ccccc21. The maximum atomic E-state index is 12.1. The normalized spacial score (nSPS) is 14.4. The van der Waals surface area contributed by atoms with Gasteiger partial charge in [-0.05, 0) is 37.4 Å². The first-order valence-electron chi connectivity index (χ1n) is 6.49. The van der Waals surface area contributed by atoms with E-state index in [0.29, 0.717) is 13.2 Å². The van der Waals surface area contributed by atoms with E-state index in [1.165, 1.54) is 5.56 Å². The predicted octanol–water partition coefficient (Wildman–Crippen LogP) is 1.33. The van der Waals surface area contributed by atoms with Crippen molar-refractivity contribution in [2.45, 2.75) is 19.3 Å². The van der Waals surface area contributed by atoms with Crippen molar-refractivity contribution < 1.29 is 9.53 Å². The summed E-state index contributed by atoms with van der Waals surface area (Å²) in [4.78, 5) is 13.9. The molecule has 1 heterocycles. The Hall–Kier alpha value is -1.39. The molecule has 0 bridgehead atoms. The van der Waals surface area contributed by atoms with E-state index in [2.05, 4.69) is 6.07 Å². The summed E-state index contributed by atoms with van der Waals surface area (Å²) < 4.78 is 5.33. The number of hydrogen-bond acceptors (Lipinski definition) is 3. The summed E-state index contributed by atoms with van der Waals surface area (Å²) in [5.41, 5.74) is 7.66. The quantitative estimate of drug-likeness (QED) is 0.800. The second kappa shape index (κ2) is 6.52. The average Bonchev–Trinajstić information content (AvgIpc) is 2.43. The van der Waals surface area contributed by atoms with Gasteiger partial charge in [-0.15, -0.1) is 0 Å². The zero-order chi connectivity index (χ0) is 12.8. The van der Waals surface area contributed by atoms with Gasteiger partial charge >= 0.3 is 0 Å². The third kappa shape index (κ3) is 3.09. The van der Waals surface area contributed by atoms with Crippen LogP contribution < -0.4 is 10.6 Å². The standard InChI is InChI=1S/C14H20N2O2/c15-8-4-10-18-11-14(17)16-9-3-6-12-5-1-2-7-13(12)16/h1-2,5,7H,3-4,6,8-11,15H2. The van der Waals surface area contributed by atoms with E-state index in [0.717, 1.165) is 31.5 Å². The van der Waals surface area contributed by atoms with Crippen LogP contribution in [-0.4, -0.2) is 32.2 Å². The number of nitrogens with two attached hydrogens (primary N) is 1. The Labute approximate surface area is 108 Å². The van der Waals surface area contributed by atoms with E-state index in [4.69, 9.17) is 10.5 Å². The van der Waals surface area contributed by atoms with Gasteiger partial charge in [0.2, 0.25) is 0 Å². The number of amides is 1. The van der Waals surface area contributed by atoms with E-state index in [-0.39, 0.29) is 12.5 Å². The van der Waals surface area contributed by atoms with Crippen molar-refractivity contribution in [1.29, 1.82) is 0 Å². The summed E-state index contributed by atoms with van der Waals surface area (Å²) in [7, 11) is 0. The number of aryl methyl sites for hydroxylation is 1. The summed E-state index contributed by atoms with van der Waals surface area (Å²) in [6, 6.07) is 8.08. The molecule has 0 unspecified atom stereocenters. The minimum absolute atomic E-state index is 0.0409. The molecule has 0 aromatic heterocycles. The van der Waals surface area contributed by atoms with E-state index in [9.17, 15) is 4.79 Å². The van der Waals surface area contributed by atoms with Gasteiger partial charge in [-0.1, -0.05) is 18.2 Å². The Morgan fingerprint density at radius 1 is 1.39 bits per heavy atom. The van der Waals surface area contributed by atoms with Gasteiger partial charge in [0.1, 0.15) is 6.61 Å². The Morgan fingerprint density at radius 3 is 3.06 bits per heavy atom. The van der Waals surface area contributed by atoms with Crippen molar-refractivity contribution in [2.75, 3.05) is 31.2 Å². The molecule has 98 valence electrons. The molecule has 1 aromatic carbocycles. The lowest BCUT2D eigenvalue weighted by atomic mass is 10.0. The van der Waals surface area contributed by atoms with Crippen LogP contribution in [0.2, 0.25) is 0 Å². The van der Waals surface area contributed by atoms with Crippen LogP contribution >= 0.6 is 0 Å². The monoisotopic (exact) mass is 248 g/mol. The van der Waals surface area contributed by atoms with Gasteiger partial charge in [-0.3, -0.25) is 4.79 Å². The van der Waals surface area contributed by atoms with Crippen LogP contribution in [0, 0.1) is 0 Å². The van der Waals surface area contributed by atoms with Crippen LogP contribution in [-0.2, 0) is 16.0 Å². The zero-order valence-corrected chi connectivity index (χ0v) is 10.6. The topological polar surface area (TPSA) is 55.6 Å². The second-order valence-corrected chi connectivity index (χ2v) is 4.47. The summed E-state index contributed by atoms with van der Waals surface area (Å²) in [6.45, 7) is 2.09. The Kier molecular flexibility index (Phi) is 4.73. The molecular weight excluding hydrogens is 228 g/mol. The van der Waals surface area contributed by atoms with Crippen LogP contribution in [0.1, 0.15) is 18.4 Å². The van der Waals surface area contributed by atoms with Crippen LogP contribution in [0.3, 0.4) is 0 Å². The molecule has 0 fully saturated rings. The maximum absolute atomic E-state index is 12.1. The molecule has 2 rings (SSSR count). The van der Waals surface area contributed by atoms with E-state index >= 15 is 0 Å². The largest absolute Gasteiger partial charge is 0.372 e. The highest BCUT2D eigenvalue weighted by Crippen LogP contribution is 2.26. The smallest absolute Gasteiger partial charge is 0.252 e. The fraction of sp³-hybridized carbons (Fsp3) is 0.500. The number of anilines is 1. The van der Waals surface area contributed by atoms with E-state index in [1.807, 2.05) is 23.1 Å². The van der Waals surface area contributed by atoms with Crippen molar-refractivity contribution in [3.63, 3.8) is 0 Å². The van der Waals surface area contributed by atoms with Crippen molar-refractivity contribution in [3.8, 4) is 0 Å². The lowest BCUT2D eigenvalue weighted by Crippen LogP contribution is -2.38. The molecule has 2 N–H and O–H groups in total. The summed E-state index contributed by atoms with van der Waals surface area (Å²) in [5.74, 6) is 0.0409. The molecule has 4 heteroatoms. The van der Waals surface area contributed by atoms with Crippen LogP contribution in [0.15, 0.2) is 24.3 Å². The molecule has 0 atom stereocenters. The first-order valence-corrected chi connectivity index (χ1v) is 6.49. The lowest BCUT2D eigenvalue weighted by molar-refractivity contribution is -0.123. The minimum Gasteiger partial charge on any atom is -0.372 e. The molecule has 0 radical (unpaired) electrons. The molecular formula is C14H20N2O2. The highest BCUT2D eigenvalue weighted by molar-refractivity contribution is 5.95. The van der Waals surface area contributed by atoms with Gasteiger partial charge in [0, 0.05) is 18.8 Å². The van der Waals surface area contributed by atoms with Crippen molar-refractivity contribution in [1.82, 2.24) is 0 Å². The molecule has 1 aliphatic rings. The van der Waals surface area contributed by atoms with Crippen molar-refractivity contribution in [2.24, 2.45) is 5.73 Å². The Balaban J connectivity index is 1.95. The van der Waals surface area contributed by atoms with Gasteiger partial charge in [0.05, 0.1) is 0 Å². The number of carbonyl (C=O) groups excluding carboxylic acids is 1. The number of carbonyl (C=O) groups is 1. The molecule has 0 aliphatic carbocycles. The number of para-hydroxylation sites is 1. The number of hydrogen-bond donors (Lipinski definition) is 1. The van der Waals surface area contributed by atoms with E-state index < -0.39 is 0 Å². The highest BCUT2D eigenvalue weighted by Gasteiger charge is 2.21. The van der Waals surface area contributed by atoms with Crippen molar-refractivity contribution in [3.05, 3.63) is 29.8 Å². The number of nitrogens with zero attached hydrogens (tertiary/aromatic N) is 1. The summed E-state index contributed by atoms with van der Waals surface area (Å²) in [6.07, 6.45) is 2.86. The predicted molar refractivity (Wildman–Crippen MR) is 71.6 cm³/mol. The Bertz CT molecular complexity index is 407. The summed E-state index contributed by atoms with van der Waals surface area (Å²) in [5, 5.41) is 0. The van der Waals surface area contributed by atoms with Gasteiger partial charge in [0.15, 0.2) is 0 Å². The molecule has 0 saturated heterocycles. The van der Waals surface area contributed by atoms with Crippen LogP contribution in [0.4, 0.5) is 5.69 Å². The second-order valence-electron chi connectivity index (χ2n) is 4.47.